The smallest absolute Gasteiger partial charge is 0.0641 e. The molecule has 3 nitrogen and oxygen atoms in total. The summed E-state index contributed by atoms with van der Waals surface area (Å²) < 4.78 is 0. The van der Waals surface area contributed by atoms with Gasteiger partial charge in [0.2, 0.25) is 0 Å². The van der Waals surface area contributed by atoms with Crippen LogP contribution in [-0.2, 0) is 13.1 Å². The maximum absolute atomic E-state index is 5.73. The van der Waals surface area contributed by atoms with E-state index in [1.54, 1.807) is 0 Å². The van der Waals surface area contributed by atoms with E-state index in [0.717, 1.165) is 17.8 Å². The van der Waals surface area contributed by atoms with E-state index in [4.69, 9.17) is 5.73 Å². The van der Waals surface area contributed by atoms with E-state index >= 15 is 0 Å². The Morgan fingerprint density at radius 3 is 2.56 bits per heavy atom. The second kappa shape index (κ2) is 5.65. The van der Waals surface area contributed by atoms with Crippen LogP contribution in [0, 0.1) is 6.92 Å². The van der Waals surface area contributed by atoms with Gasteiger partial charge in [0.05, 0.1) is 12.2 Å². The minimum absolute atomic E-state index is 0.533. The molecule has 94 valence electrons. The molecule has 0 aliphatic heterocycles. The molecule has 1 aromatic carbocycles. The van der Waals surface area contributed by atoms with E-state index in [1.807, 2.05) is 18.3 Å². The van der Waals surface area contributed by atoms with Crippen LogP contribution < -0.4 is 10.6 Å². The molecule has 0 bridgehead atoms. The first-order valence-corrected chi connectivity index (χ1v) is 6.11. The first kappa shape index (κ1) is 12.6. The number of hydrogen-bond donors (Lipinski definition) is 1. The Balaban J connectivity index is 2.15. The van der Waals surface area contributed by atoms with Gasteiger partial charge in [-0.3, -0.25) is 4.98 Å². The maximum Gasteiger partial charge on any atom is 0.0641 e. The minimum atomic E-state index is 0.533. The van der Waals surface area contributed by atoms with E-state index in [-0.39, 0.29) is 0 Å². The zero-order valence-corrected chi connectivity index (χ0v) is 10.9. The first-order valence-electron chi connectivity index (χ1n) is 6.11. The monoisotopic (exact) mass is 241 g/mol. The van der Waals surface area contributed by atoms with Crippen molar-refractivity contribution in [1.29, 1.82) is 0 Å². The molecule has 0 fully saturated rings. The highest BCUT2D eigenvalue weighted by molar-refractivity contribution is 5.47. The summed E-state index contributed by atoms with van der Waals surface area (Å²) in [6.07, 6.45) is 1.82. The fourth-order valence-electron chi connectivity index (χ4n) is 1.91. The molecule has 0 aliphatic rings. The first-order chi connectivity index (χ1) is 8.70. The van der Waals surface area contributed by atoms with Gasteiger partial charge < -0.3 is 10.6 Å². The molecule has 18 heavy (non-hydrogen) atoms. The predicted molar refractivity (Wildman–Crippen MR) is 75.4 cm³/mol. The number of nitrogens with zero attached hydrogens (tertiary/aromatic N) is 2. The van der Waals surface area contributed by atoms with Gasteiger partial charge in [0.25, 0.3) is 0 Å². The number of benzene rings is 1. The van der Waals surface area contributed by atoms with Gasteiger partial charge in [-0.05, 0) is 30.7 Å². The zero-order chi connectivity index (χ0) is 13.0. The van der Waals surface area contributed by atoms with E-state index in [9.17, 15) is 0 Å². The molecule has 0 unspecified atom stereocenters. The van der Waals surface area contributed by atoms with Crippen LogP contribution in [-0.4, -0.2) is 12.0 Å². The van der Waals surface area contributed by atoms with Crippen LogP contribution in [0.4, 0.5) is 5.69 Å². The molecule has 2 aromatic rings. The van der Waals surface area contributed by atoms with Gasteiger partial charge in [0.15, 0.2) is 0 Å². The Hall–Kier alpha value is -1.87. The van der Waals surface area contributed by atoms with Crippen LogP contribution in [0.25, 0.3) is 0 Å². The minimum Gasteiger partial charge on any atom is -0.369 e. The Labute approximate surface area is 108 Å². The molecule has 0 amide bonds. The molecule has 3 heteroatoms. The van der Waals surface area contributed by atoms with Crippen molar-refractivity contribution in [2.24, 2.45) is 5.73 Å². The van der Waals surface area contributed by atoms with E-state index in [1.165, 1.54) is 11.3 Å². The average molecular weight is 241 g/mol. The number of anilines is 1. The van der Waals surface area contributed by atoms with Crippen molar-refractivity contribution in [2.45, 2.75) is 20.0 Å². The molecule has 2 N–H and O–H groups in total. The van der Waals surface area contributed by atoms with E-state index in [0.29, 0.717) is 6.54 Å². The van der Waals surface area contributed by atoms with Crippen LogP contribution in [0.2, 0.25) is 0 Å². The van der Waals surface area contributed by atoms with Crippen LogP contribution >= 0.6 is 0 Å². The lowest BCUT2D eigenvalue weighted by Crippen LogP contribution is -2.19. The van der Waals surface area contributed by atoms with Gasteiger partial charge in [-0.15, -0.1) is 0 Å². The zero-order valence-electron chi connectivity index (χ0n) is 10.9. The van der Waals surface area contributed by atoms with Crippen molar-refractivity contribution in [3.63, 3.8) is 0 Å². The highest BCUT2D eigenvalue weighted by atomic mass is 15.1. The van der Waals surface area contributed by atoms with Gasteiger partial charge in [-0.25, -0.2) is 0 Å². The summed E-state index contributed by atoms with van der Waals surface area (Å²) in [4.78, 5) is 6.59. The number of nitrogens with two attached hydrogens (primary N) is 1. The van der Waals surface area contributed by atoms with Crippen LogP contribution in [0.15, 0.2) is 42.6 Å². The fourth-order valence-corrected chi connectivity index (χ4v) is 1.91. The van der Waals surface area contributed by atoms with Gasteiger partial charge in [-0.2, -0.15) is 0 Å². The maximum atomic E-state index is 5.73. The van der Waals surface area contributed by atoms with Crippen LogP contribution in [0.1, 0.15) is 16.8 Å². The molecule has 2 rings (SSSR count). The number of hydrogen-bond acceptors (Lipinski definition) is 3. The number of aryl methyl sites for hydroxylation is 1. The van der Waals surface area contributed by atoms with Crippen molar-refractivity contribution in [1.82, 2.24) is 4.98 Å². The van der Waals surface area contributed by atoms with Crippen molar-refractivity contribution < 1.29 is 0 Å². The number of pyridine rings is 1. The molecular formula is C15H19N3. The Morgan fingerprint density at radius 1 is 1.17 bits per heavy atom. The summed E-state index contributed by atoms with van der Waals surface area (Å²) in [5.74, 6) is 0. The van der Waals surface area contributed by atoms with E-state index < -0.39 is 0 Å². The largest absolute Gasteiger partial charge is 0.369 e. The van der Waals surface area contributed by atoms with Crippen molar-refractivity contribution >= 4 is 5.69 Å². The molecule has 0 saturated heterocycles. The normalized spacial score (nSPS) is 10.4. The summed E-state index contributed by atoms with van der Waals surface area (Å²) in [5.41, 5.74) is 10.3. The number of rotatable bonds is 4. The van der Waals surface area contributed by atoms with Gasteiger partial charge >= 0.3 is 0 Å². The molecule has 0 atom stereocenters. The third kappa shape index (κ3) is 2.87. The van der Waals surface area contributed by atoms with E-state index in [2.05, 4.69) is 48.1 Å². The van der Waals surface area contributed by atoms with Crippen molar-refractivity contribution in [2.75, 3.05) is 11.9 Å². The third-order valence-electron chi connectivity index (χ3n) is 3.07. The summed E-state index contributed by atoms with van der Waals surface area (Å²) in [6, 6.07) is 12.5. The van der Waals surface area contributed by atoms with Gasteiger partial charge in [-0.1, -0.05) is 23.8 Å². The second-order valence-electron chi connectivity index (χ2n) is 4.50. The average Bonchev–Trinajstić information content (AvgIpc) is 2.40. The molecule has 0 aliphatic carbocycles. The standard InChI is InChI=1S/C15H19N3/c1-12-5-7-14(8-6-12)18(2)11-15-13(10-16)4-3-9-17-15/h3-9H,10-11,16H2,1-2H3. The van der Waals surface area contributed by atoms with Crippen molar-refractivity contribution in [3.8, 4) is 0 Å². The van der Waals surface area contributed by atoms with Crippen LogP contribution in [0.3, 0.4) is 0 Å². The molecule has 0 spiro atoms. The third-order valence-corrected chi connectivity index (χ3v) is 3.07. The summed E-state index contributed by atoms with van der Waals surface area (Å²) in [5, 5.41) is 0. The van der Waals surface area contributed by atoms with Crippen LogP contribution in [0.5, 0.6) is 0 Å². The lowest BCUT2D eigenvalue weighted by atomic mass is 10.1. The Kier molecular flexibility index (Phi) is 3.95. The lowest BCUT2D eigenvalue weighted by Gasteiger charge is -2.20. The summed E-state index contributed by atoms with van der Waals surface area (Å²) in [6.45, 7) is 3.40. The molecular weight excluding hydrogens is 222 g/mol. The highest BCUT2D eigenvalue weighted by Crippen LogP contribution is 2.16. The second-order valence-corrected chi connectivity index (χ2v) is 4.50. The lowest BCUT2D eigenvalue weighted by molar-refractivity contribution is 0.854. The topological polar surface area (TPSA) is 42.2 Å². The Bertz CT molecular complexity index is 505. The quantitative estimate of drug-likeness (QED) is 0.894. The molecule has 1 heterocycles. The van der Waals surface area contributed by atoms with Gasteiger partial charge in [0.1, 0.15) is 0 Å². The molecule has 0 radical (unpaired) electrons. The predicted octanol–water partition coefficient (Wildman–Crippen LogP) is 2.49. The number of aromatic nitrogens is 1. The fraction of sp³-hybridized carbons (Fsp3) is 0.267. The summed E-state index contributed by atoms with van der Waals surface area (Å²) in [7, 11) is 2.07. The van der Waals surface area contributed by atoms with Gasteiger partial charge in [0, 0.05) is 25.5 Å². The Morgan fingerprint density at radius 2 is 1.89 bits per heavy atom. The van der Waals surface area contributed by atoms with Crippen molar-refractivity contribution in [3.05, 3.63) is 59.4 Å². The molecule has 0 saturated carbocycles. The highest BCUT2D eigenvalue weighted by Gasteiger charge is 2.06. The molecule has 1 aromatic heterocycles. The SMILES string of the molecule is Cc1ccc(N(C)Cc2ncccc2CN)cc1. The summed E-state index contributed by atoms with van der Waals surface area (Å²) >= 11 is 0.